The van der Waals surface area contributed by atoms with Crippen molar-refractivity contribution >= 4 is 15.9 Å². The van der Waals surface area contributed by atoms with Crippen LogP contribution in [0.4, 0.5) is 0 Å². The predicted molar refractivity (Wildman–Crippen MR) is 47.4 cm³/mol. The van der Waals surface area contributed by atoms with Gasteiger partial charge in [-0.1, -0.05) is 0 Å². The van der Waals surface area contributed by atoms with E-state index in [1.165, 1.54) is 0 Å². The molecule has 0 spiro atoms. The average Bonchev–Trinajstić information content (AvgIpc) is 2.04. The summed E-state index contributed by atoms with van der Waals surface area (Å²) in [5, 5.41) is 0. The first kappa shape index (κ1) is 8.68. The summed E-state index contributed by atoms with van der Waals surface area (Å²) >= 11 is 3.40. The van der Waals surface area contributed by atoms with Crippen LogP contribution >= 0.6 is 15.9 Å². The molecule has 0 aliphatic heterocycles. The van der Waals surface area contributed by atoms with Crippen LogP contribution in [-0.4, -0.2) is 12.1 Å². The van der Waals surface area contributed by atoms with E-state index < -0.39 is 0 Å². The summed E-state index contributed by atoms with van der Waals surface area (Å²) < 4.78 is 6.12. The van der Waals surface area contributed by atoms with Crippen LogP contribution in [0.25, 0.3) is 0 Å². The number of aromatic nitrogens is 1. The first-order valence-corrected chi connectivity index (χ1v) is 4.18. The van der Waals surface area contributed by atoms with Crippen LogP contribution in [-0.2, 0) is 4.74 Å². The Labute approximate surface area is 74.7 Å². The van der Waals surface area contributed by atoms with Crippen LogP contribution < -0.4 is 0 Å². The standard InChI is InChI=1S/C8H10BrNO/c1-6(11-2)8-7(9)4-3-5-10-8/h3-6H,1-2H3/t6-/m0/s1. The molecule has 0 aromatic carbocycles. The molecule has 0 aliphatic rings. The molecule has 60 valence electrons. The molecule has 0 unspecified atom stereocenters. The van der Waals surface area contributed by atoms with Crippen LogP contribution in [0.2, 0.25) is 0 Å². The van der Waals surface area contributed by atoms with E-state index >= 15 is 0 Å². The Hall–Kier alpha value is -0.410. The van der Waals surface area contributed by atoms with Crippen molar-refractivity contribution in [3.8, 4) is 0 Å². The molecule has 0 N–H and O–H groups in total. The van der Waals surface area contributed by atoms with Gasteiger partial charge in [0.1, 0.15) is 0 Å². The summed E-state index contributed by atoms with van der Waals surface area (Å²) in [5.41, 5.74) is 0.940. The van der Waals surface area contributed by atoms with Gasteiger partial charge in [0.05, 0.1) is 11.8 Å². The number of hydrogen-bond acceptors (Lipinski definition) is 2. The number of halogens is 1. The number of nitrogens with zero attached hydrogens (tertiary/aromatic N) is 1. The smallest absolute Gasteiger partial charge is 0.0974 e. The van der Waals surface area contributed by atoms with Gasteiger partial charge in [-0.15, -0.1) is 0 Å². The van der Waals surface area contributed by atoms with Gasteiger partial charge >= 0.3 is 0 Å². The first-order valence-electron chi connectivity index (χ1n) is 3.39. The molecule has 0 aliphatic carbocycles. The van der Waals surface area contributed by atoms with Crippen LogP contribution in [0.1, 0.15) is 18.7 Å². The predicted octanol–water partition coefficient (Wildman–Crippen LogP) is 2.55. The van der Waals surface area contributed by atoms with Gasteiger partial charge in [-0.05, 0) is 35.0 Å². The molecule has 1 aromatic rings. The second-order valence-corrected chi connectivity index (χ2v) is 3.10. The average molecular weight is 216 g/mol. The molecule has 0 saturated carbocycles. The molecule has 0 saturated heterocycles. The van der Waals surface area contributed by atoms with E-state index in [1.54, 1.807) is 13.3 Å². The Balaban J connectivity index is 2.93. The molecule has 0 amide bonds. The molecule has 1 atom stereocenters. The van der Waals surface area contributed by atoms with Crippen LogP contribution in [0.15, 0.2) is 22.8 Å². The fourth-order valence-electron chi connectivity index (χ4n) is 0.809. The van der Waals surface area contributed by atoms with Crippen molar-refractivity contribution in [2.75, 3.05) is 7.11 Å². The third kappa shape index (κ3) is 2.01. The Bertz CT molecular complexity index is 239. The van der Waals surface area contributed by atoms with Gasteiger partial charge in [-0.3, -0.25) is 4.98 Å². The SMILES string of the molecule is CO[C@@H](C)c1ncccc1Br. The molecule has 2 nitrogen and oxygen atoms in total. The van der Waals surface area contributed by atoms with E-state index in [0.717, 1.165) is 10.2 Å². The molecule has 0 bridgehead atoms. The van der Waals surface area contributed by atoms with E-state index in [0.29, 0.717) is 0 Å². The highest BCUT2D eigenvalue weighted by atomic mass is 79.9. The fraction of sp³-hybridized carbons (Fsp3) is 0.375. The van der Waals surface area contributed by atoms with Crippen molar-refractivity contribution in [1.29, 1.82) is 0 Å². The number of pyridine rings is 1. The van der Waals surface area contributed by atoms with E-state index in [1.807, 2.05) is 19.1 Å². The van der Waals surface area contributed by atoms with Gasteiger partial charge in [0.25, 0.3) is 0 Å². The van der Waals surface area contributed by atoms with E-state index in [2.05, 4.69) is 20.9 Å². The molecule has 1 aromatic heterocycles. The highest BCUT2D eigenvalue weighted by molar-refractivity contribution is 9.10. The van der Waals surface area contributed by atoms with Crippen LogP contribution in [0.5, 0.6) is 0 Å². The zero-order valence-electron chi connectivity index (χ0n) is 6.54. The van der Waals surface area contributed by atoms with Gasteiger partial charge in [-0.25, -0.2) is 0 Å². The number of ether oxygens (including phenoxy) is 1. The second-order valence-electron chi connectivity index (χ2n) is 2.25. The largest absolute Gasteiger partial charge is 0.375 e. The van der Waals surface area contributed by atoms with Gasteiger partial charge in [0.2, 0.25) is 0 Å². The highest BCUT2D eigenvalue weighted by Crippen LogP contribution is 2.21. The summed E-state index contributed by atoms with van der Waals surface area (Å²) in [4.78, 5) is 4.18. The van der Waals surface area contributed by atoms with Crippen molar-refractivity contribution in [2.45, 2.75) is 13.0 Å². The van der Waals surface area contributed by atoms with Crippen molar-refractivity contribution in [2.24, 2.45) is 0 Å². The quantitative estimate of drug-likeness (QED) is 0.757. The Kier molecular flexibility index (Phi) is 3.02. The fourth-order valence-corrected chi connectivity index (χ4v) is 1.39. The van der Waals surface area contributed by atoms with Gasteiger partial charge < -0.3 is 4.74 Å². The number of methoxy groups -OCH3 is 1. The summed E-state index contributed by atoms with van der Waals surface area (Å²) in [6.45, 7) is 1.97. The Morgan fingerprint density at radius 1 is 1.64 bits per heavy atom. The summed E-state index contributed by atoms with van der Waals surface area (Å²) in [6.07, 6.45) is 1.81. The minimum atomic E-state index is 0.0468. The highest BCUT2D eigenvalue weighted by Gasteiger charge is 2.07. The monoisotopic (exact) mass is 215 g/mol. The van der Waals surface area contributed by atoms with Crippen LogP contribution in [0, 0.1) is 0 Å². The van der Waals surface area contributed by atoms with Crippen molar-refractivity contribution in [1.82, 2.24) is 4.98 Å². The van der Waals surface area contributed by atoms with E-state index in [9.17, 15) is 0 Å². The van der Waals surface area contributed by atoms with E-state index in [-0.39, 0.29) is 6.10 Å². The maximum atomic E-state index is 5.12. The lowest BCUT2D eigenvalue weighted by atomic mass is 10.2. The Morgan fingerprint density at radius 2 is 2.36 bits per heavy atom. The lowest BCUT2D eigenvalue weighted by Crippen LogP contribution is -1.99. The van der Waals surface area contributed by atoms with Crippen LogP contribution in [0.3, 0.4) is 0 Å². The Morgan fingerprint density at radius 3 is 2.91 bits per heavy atom. The summed E-state index contributed by atoms with van der Waals surface area (Å²) in [6, 6.07) is 3.84. The second kappa shape index (κ2) is 3.83. The lowest BCUT2D eigenvalue weighted by molar-refractivity contribution is 0.115. The summed E-state index contributed by atoms with van der Waals surface area (Å²) in [7, 11) is 1.67. The van der Waals surface area contributed by atoms with Crippen molar-refractivity contribution in [3.05, 3.63) is 28.5 Å². The number of hydrogen-bond donors (Lipinski definition) is 0. The molecule has 0 fully saturated rings. The first-order chi connectivity index (χ1) is 5.25. The molecule has 1 heterocycles. The molecular weight excluding hydrogens is 206 g/mol. The van der Waals surface area contributed by atoms with Crippen molar-refractivity contribution in [3.63, 3.8) is 0 Å². The molecule has 1 rings (SSSR count). The molecule has 3 heteroatoms. The third-order valence-electron chi connectivity index (χ3n) is 1.53. The van der Waals surface area contributed by atoms with Gasteiger partial charge in [-0.2, -0.15) is 0 Å². The maximum Gasteiger partial charge on any atom is 0.0974 e. The zero-order valence-corrected chi connectivity index (χ0v) is 8.13. The molecule has 0 radical (unpaired) electrons. The third-order valence-corrected chi connectivity index (χ3v) is 2.20. The normalized spacial score (nSPS) is 13.0. The zero-order chi connectivity index (χ0) is 8.27. The minimum Gasteiger partial charge on any atom is -0.375 e. The topological polar surface area (TPSA) is 22.1 Å². The lowest BCUT2D eigenvalue weighted by Gasteiger charge is -2.09. The van der Waals surface area contributed by atoms with E-state index in [4.69, 9.17) is 4.74 Å². The van der Waals surface area contributed by atoms with Gasteiger partial charge in [0, 0.05) is 17.8 Å². The molecular formula is C8H10BrNO. The summed E-state index contributed by atoms with van der Waals surface area (Å²) in [5.74, 6) is 0. The molecule has 11 heavy (non-hydrogen) atoms. The maximum absolute atomic E-state index is 5.12. The minimum absolute atomic E-state index is 0.0468. The van der Waals surface area contributed by atoms with Crippen molar-refractivity contribution < 1.29 is 4.74 Å². The van der Waals surface area contributed by atoms with Gasteiger partial charge in [0.15, 0.2) is 0 Å². The number of rotatable bonds is 2.